The zero-order valence-electron chi connectivity index (χ0n) is 15.9. The molecule has 7 heteroatoms. The van der Waals surface area contributed by atoms with Crippen LogP contribution in [0.25, 0.3) is 6.08 Å². The van der Waals surface area contributed by atoms with Gasteiger partial charge in [-0.3, -0.25) is 4.79 Å². The summed E-state index contributed by atoms with van der Waals surface area (Å²) in [5.74, 6) is 1.41. The third-order valence-electron chi connectivity index (χ3n) is 3.64. The van der Waals surface area contributed by atoms with Crippen molar-refractivity contribution in [3.63, 3.8) is 0 Å². The molecule has 2 aromatic rings. The first kappa shape index (κ1) is 21.6. The van der Waals surface area contributed by atoms with Crippen molar-refractivity contribution in [2.75, 3.05) is 25.6 Å². The van der Waals surface area contributed by atoms with Crippen LogP contribution in [-0.2, 0) is 4.79 Å². The van der Waals surface area contributed by atoms with E-state index in [4.69, 9.17) is 14.2 Å². The zero-order valence-corrected chi connectivity index (χ0v) is 18.1. The summed E-state index contributed by atoms with van der Waals surface area (Å²) in [6.45, 7) is 4.87. The number of carbonyl (C=O) groups is 1. The highest BCUT2D eigenvalue weighted by Gasteiger charge is 2.14. The van der Waals surface area contributed by atoms with Gasteiger partial charge in [0.05, 0.1) is 23.9 Å². The normalized spacial score (nSPS) is 10.8. The molecule has 0 saturated carbocycles. The molecule has 0 aromatic heterocycles. The van der Waals surface area contributed by atoms with Crippen molar-refractivity contribution in [1.82, 2.24) is 0 Å². The quantitative estimate of drug-likeness (QED) is 0.330. The Bertz CT molecular complexity index is 902. The van der Waals surface area contributed by atoms with Gasteiger partial charge in [0.25, 0.3) is 5.91 Å². The van der Waals surface area contributed by atoms with Crippen molar-refractivity contribution in [3.05, 3.63) is 51.1 Å². The lowest BCUT2D eigenvalue weighted by Crippen LogP contribution is -2.13. The highest BCUT2D eigenvalue weighted by Crippen LogP contribution is 2.34. The minimum Gasteiger partial charge on any atom is -0.494 e. The van der Waals surface area contributed by atoms with E-state index in [0.29, 0.717) is 41.7 Å². The van der Waals surface area contributed by atoms with Gasteiger partial charge >= 0.3 is 0 Å². The summed E-state index contributed by atoms with van der Waals surface area (Å²) in [6.07, 6.45) is 1.52. The molecule has 1 N–H and O–H groups in total. The number of hydrogen-bond acceptors (Lipinski definition) is 5. The Hall–Kier alpha value is -2.73. The first-order chi connectivity index (χ1) is 13.5. The third kappa shape index (κ3) is 5.63. The van der Waals surface area contributed by atoms with Gasteiger partial charge in [-0.1, -0.05) is 0 Å². The lowest BCUT2D eigenvalue weighted by molar-refractivity contribution is -0.112. The summed E-state index contributed by atoms with van der Waals surface area (Å²) in [4.78, 5) is 12.5. The summed E-state index contributed by atoms with van der Waals surface area (Å²) in [6, 6.07) is 12.5. The number of anilines is 1. The Labute approximate surface area is 178 Å². The monoisotopic (exact) mass is 492 g/mol. The molecule has 2 aromatic carbocycles. The van der Waals surface area contributed by atoms with Crippen LogP contribution in [0, 0.1) is 14.9 Å². The van der Waals surface area contributed by atoms with E-state index in [1.807, 2.05) is 26.0 Å². The molecule has 28 heavy (non-hydrogen) atoms. The van der Waals surface area contributed by atoms with E-state index in [9.17, 15) is 10.1 Å². The van der Waals surface area contributed by atoms with Crippen LogP contribution in [0.5, 0.6) is 17.2 Å². The fraction of sp³-hybridized carbons (Fsp3) is 0.238. The minimum atomic E-state index is -0.491. The highest BCUT2D eigenvalue weighted by molar-refractivity contribution is 14.1. The van der Waals surface area contributed by atoms with Gasteiger partial charge < -0.3 is 19.5 Å². The van der Waals surface area contributed by atoms with E-state index >= 15 is 0 Å². The van der Waals surface area contributed by atoms with Crippen LogP contribution in [0.1, 0.15) is 19.4 Å². The molecule has 0 saturated heterocycles. The lowest BCUT2D eigenvalue weighted by atomic mass is 10.1. The fourth-order valence-electron chi connectivity index (χ4n) is 2.42. The average Bonchev–Trinajstić information content (AvgIpc) is 2.69. The average molecular weight is 492 g/mol. The largest absolute Gasteiger partial charge is 0.494 e. The van der Waals surface area contributed by atoms with Gasteiger partial charge in [0.2, 0.25) is 0 Å². The second kappa shape index (κ2) is 10.6. The maximum atomic E-state index is 12.5. The van der Waals surface area contributed by atoms with E-state index in [1.54, 1.807) is 37.4 Å². The van der Waals surface area contributed by atoms with Crippen molar-refractivity contribution in [3.8, 4) is 23.3 Å². The molecule has 0 fully saturated rings. The van der Waals surface area contributed by atoms with E-state index in [1.165, 1.54) is 6.08 Å². The van der Waals surface area contributed by atoms with Crippen LogP contribution in [-0.4, -0.2) is 26.2 Å². The molecule has 1 amide bonds. The van der Waals surface area contributed by atoms with E-state index in [2.05, 4.69) is 27.9 Å². The van der Waals surface area contributed by atoms with Crippen molar-refractivity contribution < 1.29 is 19.0 Å². The van der Waals surface area contributed by atoms with Crippen molar-refractivity contribution in [1.29, 1.82) is 5.26 Å². The van der Waals surface area contributed by atoms with Gasteiger partial charge in [-0.25, -0.2) is 0 Å². The predicted octanol–water partition coefficient (Wildman–Crippen LogP) is 4.64. The van der Waals surface area contributed by atoms with Crippen LogP contribution < -0.4 is 19.5 Å². The number of nitrogens with zero attached hydrogens (tertiary/aromatic N) is 1. The number of benzene rings is 2. The minimum absolute atomic E-state index is 0.0177. The second-order valence-corrected chi connectivity index (χ2v) is 6.71. The van der Waals surface area contributed by atoms with Crippen molar-refractivity contribution in [2.45, 2.75) is 13.8 Å². The lowest BCUT2D eigenvalue weighted by Gasteiger charge is -2.12. The molecule has 2 rings (SSSR count). The van der Waals surface area contributed by atoms with E-state index in [0.717, 1.165) is 3.57 Å². The van der Waals surface area contributed by atoms with Gasteiger partial charge in [-0.05, 0) is 84.5 Å². The Morgan fingerprint density at radius 1 is 1.18 bits per heavy atom. The third-order valence-corrected chi connectivity index (χ3v) is 4.44. The molecule has 6 nitrogen and oxygen atoms in total. The standard InChI is InChI=1S/C21H21IN2O4/c1-4-27-17-8-6-16(7-9-17)24-21(25)15(13-23)10-14-11-18(22)20(28-5-2)19(12-14)26-3/h6-12H,4-5H2,1-3H3,(H,24,25)/b15-10-. The number of nitrogens with one attached hydrogen (secondary N) is 1. The number of hydrogen-bond donors (Lipinski definition) is 1. The summed E-state index contributed by atoms with van der Waals surface area (Å²) < 4.78 is 17.2. The van der Waals surface area contributed by atoms with Gasteiger partial charge in [0.15, 0.2) is 11.5 Å². The first-order valence-corrected chi connectivity index (χ1v) is 9.76. The zero-order chi connectivity index (χ0) is 20.5. The summed E-state index contributed by atoms with van der Waals surface area (Å²) in [5, 5.41) is 12.1. The number of rotatable bonds is 8. The molecular weight excluding hydrogens is 471 g/mol. The Kier molecular flexibility index (Phi) is 8.14. The summed E-state index contributed by atoms with van der Waals surface area (Å²) >= 11 is 2.13. The van der Waals surface area contributed by atoms with Gasteiger partial charge in [0, 0.05) is 5.69 Å². The van der Waals surface area contributed by atoms with E-state index < -0.39 is 5.91 Å². The maximum Gasteiger partial charge on any atom is 0.266 e. The molecule has 0 atom stereocenters. The molecule has 0 heterocycles. The molecular formula is C21H21IN2O4. The van der Waals surface area contributed by atoms with Crippen LogP contribution in [0.4, 0.5) is 5.69 Å². The molecule has 0 unspecified atom stereocenters. The predicted molar refractivity (Wildman–Crippen MR) is 117 cm³/mol. The topological polar surface area (TPSA) is 80.6 Å². The number of carbonyl (C=O) groups excluding carboxylic acids is 1. The van der Waals surface area contributed by atoms with E-state index in [-0.39, 0.29) is 5.57 Å². The van der Waals surface area contributed by atoms with Crippen LogP contribution in [0.15, 0.2) is 42.0 Å². The molecule has 0 radical (unpaired) electrons. The second-order valence-electron chi connectivity index (χ2n) is 5.55. The SMILES string of the molecule is CCOc1ccc(NC(=O)/C(C#N)=C\c2cc(I)c(OCC)c(OC)c2)cc1. The molecule has 0 bridgehead atoms. The highest BCUT2D eigenvalue weighted by atomic mass is 127. The van der Waals surface area contributed by atoms with Crippen LogP contribution >= 0.6 is 22.6 Å². The van der Waals surface area contributed by atoms with Crippen LogP contribution in [0.2, 0.25) is 0 Å². The Morgan fingerprint density at radius 2 is 1.86 bits per heavy atom. The molecule has 0 aliphatic rings. The Balaban J connectivity index is 2.24. The van der Waals surface area contributed by atoms with Crippen molar-refractivity contribution in [2.24, 2.45) is 0 Å². The van der Waals surface area contributed by atoms with Gasteiger partial charge in [-0.2, -0.15) is 5.26 Å². The number of halogens is 1. The van der Waals surface area contributed by atoms with Gasteiger partial charge in [-0.15, -0.1) is 0 Å². The number of ether oxygens (including phenoxy) is 3. The molecule has 0 spiro atoms. The number of methoxy groups -OCH3 is 1. The number of nitriles is 1. The maximum absolute atomic E-state index is 12.5. The smallest absolute Gasteiger partial charge is 0.266 e. The van der Waals surface area contributed by atoms with Crippen LogP contribution in [0.3, 0.4) is 0 Å². The summed E-state index contributed by atoms with van der Waals surface area (Å²) in [5.41, 5.74) is 1.23. The van der Waals surface area contributed by atoms with Crippen molar-refractivity contribution >= 4 is 40.3 Å². The number of amides is 1. The fourth-order valence-corrected chi connectivity index (χ4v) is 3.20. The molecule has 0 aliphatic heterocycles. The Morgan fingerprint density at radius 3 is 2.43 bits per heavy atom. The first-order valence-electron chi connectivity index (χ1n) is 8.68. The van der Waals surface area contributed by atoms with Gasteiger partial charge in [0.1, 0.15) is 17.4 Å². The summed E-state index contributed by atoms with van der Waals surface area (Å²) in [7, 11) is 1.55. The molecule has 146 valence electrons. The molecule has 0 aliphatic carbocycles.